The smallest absolute Gasteiger partial charge is 0.319 e. The number of hydrogen-bond acceptors (Lipinski definition) is 7. The van der Waals surface area contributed by atoms with E-state index in [1.807, 2.05) is 0 Å². The molecule has 26 heavy (non-hydrogen) atoms. The van der Waals surface area contributed by atoms with Gasteiger partial charge >= 0.3 is 5.97 Å². The Labute approximate surface area is 151 Å². The normalized spacial score (nSPS) is 22.4. The van der Waals surface area contributed by atoms with Gasteiger partial charge in [0, 0.05) is 24.3 Å². The summed E-state index contributed by atoms with van der Waals surface area (Å²) in [5.41, 5.74) is 1.13. The van der Waals surface area contributed by atoms with E-state index in [1.54, 1.807) is 18.2 Å². The van der Waals surface area contributed by atoms with Crippen LogP contribution in [0.2, 0.25) is 0 Å². The van der Waals surface area contributed by atoms with Crippen molar-refractivity contribution in [1.82, 2.24) is 0 Å². The molecule has 3 rings (SSSR count). The summed E-state index contributed by atoms with van der Waals surface area (Å²) in [5.74, 6) is -1.04. The first-order valence-corrected chi connectivity index (χ1v) is 8.34. The van der Waals surface area contributed by atoms with Crippen LogP contribution in [0.4, 0.5) is 0 Å². The Morgan fingerprint density at radius 2 is 1.88 bits per heavy atom. The van der Waals surface area contributed by atoms with Gasteiger partial charge in [-0.1, -0.05) is 6.07 Å². The average Bonchev–Trinajstić information content (AvgIpc) is 2.66. The number of nitrogens with one attached hydrogen (secondary N) is 1. The van der Waals surface area contributed by atoms with Crippen molar-refractivity contribution in [3.05, 3.63) is 35.1 Å². The largest absolute Gasteiger partial charge is 0.493 e. The Kier molecular flexibility index (Phi) is 4.97. The molecule has 0 aromatic heterocycles. The Bertz CT molecular complexity index is 797. The van der Waals surface area contributed by atoms with E-state index in [0.29, 0.717) is 47.7 Å². The maximum Gasteiger partial charge on any atom is 0.319 e. The zero-order chi connectivity index (χ0) is 18.8. The van der Waals surface area contributed by atoms with Crippen molar-refractivity contribution >= 4 is 17.7 Å². The van der Waals surface area contributed by atoms with Crippen LogP contribution in [0.25, 0.3) is 0 Å². The number of carbonyl (C=O) groups is 2. The summed E-state index contributed by atoms with van der Waals surface area (Å²) in [6, 6.07) is 5.22. The molecule has 1 N–H and O–H groups in total. The number of carbonyl (C=O) groups excluding carboxylic acids is 2. The number of esters is 1. The second kappa shape index (κ2) is 7.19. The van der Waals surface area contributed by atoms with Gasteiger partial charge in [-0.3, -0.25) is 15.0 Å². The van der Waals surface area contributed by atoms with Gasteiger partial charge in [0.25, 0.3) is 0 Å². The van der Waals surface area contributed by atoms with Gasteiger partial charge < -0.3 is 18.9 Å². The van der Waals surface area contributed by atoms with Crippen molar-refractivity contribution in [2.24, 2.45) is 5.92 Å². The Balaban J connectivity index is 2.18. The minimum absolute atomic E-state index is 0.0626. The number of allylic oxidation sites excluding steroid dienone is 2. The molecule has 2 aliphatic rings. The first-order valence-electron chi connectivity index (χ1n) is 8.34. The van der Waals surface area contributed by atoms with Crippen LogP contribution in [0.3, 0.4) is 0 Å². The molecule has 138 valence electrons. The highest BCUT2D eigenvalue weighted by atomic mass is 16.5. The van der Waals surface area contributed by atoms with Gasteiger partial charge in [0.2, 0.25) is 5.90 Å². The maximum absolute atomic E-state index is 12.6. The molecular formula is C19H21NO6. The highest BCUT2D eigenvalue weighted by Crippen LogP contribution is 2.45. The third-order valence-corrected chi connectivity index (χ3v) is 4.79. The van der Waals surface area contributed by atoms with E-state index < -0.39 is 17.8 Å². The van der Waals surface area contributed by atoms with Gasteiger partial charge in [0.15, 0.2) is 17.3 Å². The molecule has 0 amide bonds. The standard InChI is InChI=1S/C19H21NO6/c1-23-12-8-7-10(9-14(12)24-2)15-16-11(21)5-4-6-13(16)26-18(20)17(15)19(22)25-3/h7-9,15,17,20H,4-6H2,1-3H3. The van der Waals surface area contributed by atoms with Crippen LogP contribution in [0.15, 0.2) is 29.5 Å². The summed E-state index contributed by atoms with van der Waals surface area (Å²) in [6.45, 7) is 0. The van der Waals surface area contributed by atoms with Crippen LogP contribution in [0, 0.1) is 11.3 Å². The highest BCUT2D eigenvalue weighted by molar-refractivity contribution is 6.06. The van der Waals surface area contributed by atoms with E-state index in [2.05, 4.69) is 0 Å². The second-order valence-corrected chi connectivity index (χ2v) is 6.17. The molecule has 1 aromatic carbocycles. The van der Waals surface area contributed by atoms with Crippen molar-refractivity contribution in [1.29, 1.82) is 5.41 Å². The van der Waals surface area contributed by atoms with E-state index in [0.717, 1.165) is 0 Å². The number of hydrogen-bond donors (Lipinski definition) is 1. The van der Waals surface area contributed by atoms with Crippen molar-refractivity contribution in [3.63, 3.8) is 0 Å². The van der Waals surface area contributed by atoms with Gasteiger partial charge in [-0.05, 0) is 24.1 Å². The molecular weight excluding hydrogens is 338 g/mol. The van der Waals surface area contributed by atoms with Crippen LogP contribution in [-0.4, -0.2) is 39.0 Å². The predicted molar refractivity (Wildman–Crippen MR) is 92.5 cm³/mol. The number of benzene rings is 1. The Morgan fingerprint density at radius 1 is 1.15 bits per heavy atom. The predicted octanol–water partition coefficient (Wildman–Crippen LogP) is 2.59. The van der Waals surface area contributed by atoms with Crippen LogP contribution in [0.5, 0.6) is 11.5 Å². The molecule has 0 saturated heterocycles. The van der Waals surface area contributed by atoms with Gasteiger partial charge in [0.1, 0.15) is 11.7 Å². The quantitative estimate of drug-likeness (QED) is 0.831. The average molecular weight is 359 g/mol. The fraction of sp³-hybridized carbons (Fsp3) is 0.421. The summed E-state index contributed by atoms with van der Waals surface area (Å²) in [5, 5.41) is 8.20. The van der Waals surface area contributed by atoms with Crippen molar-refractivity contribution in [2.75, 3.05) is 21.3 Å². The lowest BCUT2D eigenvalue weighted by molar-refractivity contribution is -0.144. The molecule has 7 heteroatoms. The zero-order valence-corrected chi connectivity index (χ0v) is 15.0. The zero-order valence-electron chi connectivity index (χ0n) is 15.0. The minimum atomic E-state index is -1.01. The third kappa shape index (κ3) is 2.94. The molecule has 0 spiro atoms. The van der Waals surface area contributed by atoms with Gasteiger partial charge in [-0.25, -0.2) is 0 Å². The molecule has 7 nitrogen and oxygen atoms in total. The molecule has 0 saturated carbocycles. The number of ether oxygens (including phenoxy) is 4. The molecule has 1 aromatic rings. The first-order chi connectivity index (χ1) is 12.5. The first kappa shape index (κ1) is 18.0. The van der Waals surface area contributed by atoms with Gasteiger partial charge in [-0.2, -0.15) is 0 Å². The van der Waals surface area contributed by atoms with Crippen molar-refractivity contribution in [2.45, 2.75) is 25.2 Å². The molecule has 2 atom stereocenters. The lowest BCUT2D eigenvalue weighted by atomic mass is 9.73. The van der Waals surface area contributed by atoms with Crippen molar-refractivity contribution in [3.8, 4) is 11.5 Å². The maximum atomic E-state index is 12.6. The molecule has 2 unspecified atom stereocenters. The summed E-state index contributed by atoms with van der Waals surface area (Å²) in [7, 11) is 4.31. The molecule has 0 bridgehead atoms. The van der Waals surface area contributed by atoms with Crippen LogP contribution >= 0.6 is 0 Å². The van der Waals surface area contributed by atoms with E-state index in [9.17, 15) is 9.59 Å². The highest BCUT2D eigenvalue weighted by Gasteiger charge is 2.46. The van der Waals surface area contributed by atoms with Crippen LogP contribution in [-0.2, 0) is 19.1 Å². The lowest BCUT2D eigenvalue weighted by Gasteiger charge is -2.35. The number of rotatable bonds is 4. The summed E-state index contributed by atoms with van der Waals surface area (Å²) < 4.78 is 21.0. The third-order valence-electron chi connectivity index (χ3n) is 4.79. The topological polar surface area (TPSA) is 94.9 Å². The van der Waals surface area contributed by atoms with Crippen LogP contribution < -0.4 is 9.47 Å². The molecule has 0 fully saturated rings. The monoisotopic (exact) mass is 359 g/mol. The number of Topliss-reactive ketones (excluding diaryl/α,β-unsaturated/α-hetero) is 1. The summed E-state index contributed by atoms with van der Waals surface area (Å²) in [4.78, 5) is 25.0. The van der Waals surface area contributed by atoms with E-state index in [-0.39, 0.29) is 11.7 Å². The number of methoxy groups -OCH3 is 3. The molecule has 1 aliphatic carbocycles. The number of ketones is 1. The summed E-state index contributed by atoms with van der Waals surface area (Å²) >= 11 is 0. The van der Waals surface area contributed by atoms with E-state index in [4.69, 9.17) is 24.4 Å². The Morgan fingerprint density at radius 3 is 2.54 bits per heavy atom. The van der Waals surface area contributed by atoms with E-state index in [1.165, 1.54) is 21.3 Å². The fourth-order valence-corrected chi connectivity index (χ4v) is 3.58. The molecule has 1 aliphatic heterocycles. The fourth-order valence-electron chi connectivity index (χ4n) is 3.58. The van der Waals surface area contributed by atoms with E-state index >= 15 is 0 Å². The SMILES string of the molecule is COC(=O)C1C(=N)OC2=C(C(=O)CCC2)C1c1ccc(OC)c(OC)c1. The Hall–Kier alpha value is -2.83. The minimum Gasteiger partial charge on any atom is -0.493 e. The van der Waals surface area contributed by atoms with Gasteiger partial charge in [-0.15, -0.1) is 0 Å². The summed E-state index contributed by atoms with van der Waals surface area (Å²) in [6.07, 6.45) is 1.64. The second-order valence-electron chi connectivity index (χ2n) is 6.17. The molecule has 0 radical (unpaired) electrons. The van der Waals surface area contributed by atoms with Crippen LogP contribution in [0.1, 0.15) is 30.7 Å². The van der Waals surface area contributed by atoms with Gasteiger partial charge in [0.05, 0.1) is 21.3 Å². The molecule has 1 heterocycles. The van der Waals surface area contributed by atoms with Crippen molar-refractivity contribution < 1.29 is 28.5 Å². The lowest BCUT2D eigenvalue weighted by Crippen LogP contribution is -2.40.